The van der Waals surface area contributed by atoms with Crippen molar-refractivity contribution in [2.45, 2.75) is 57.6 Å². The Morgan fingerprint density at radius 3 is 1.38 bits per heavy atom. The summed E-state index contributed by atoms with van der Waals surface area (Å²) >= 11 is 0. The molecule has 3 aliphatic carbocycles. The number of hydrogen-bond acceptors (Lipinski definition) is 1. The first-order chi connectivity index (χ1) is 30.5. The van der Waals surface area contributed by atoms with Gasteiger partial charge < -0.3 is 4.90 Å². The van der Waals surface area contributed by atoms with Crippen LogP contribution in [0, 0.1) is 13.7 Å². The van der Waals surface area contributed by atoms with Crippen LogP contribution in [0.1, 0.15) is 91.6 Å². The summed E-state index contributed by atoms with van der Waals surface area (Å²) in [6, 6.07) is 60.1. The largest absolute Gasteiger partial charge is 0.310 e. The molecule has 0 unspecified atom stereocenters. The molecule has 0 amide bonds. The van der Waals surface area contributed by atoms with Crippen LogP contribution >= 0.6 is 0 Å². The lowest BCUT2D eigenvalue weighted by molar-refractivity contribution is 0.660. The quantitative estimate of drug-likeness (QED) is 0.169. The van der Waals surface area contributed by atoms with Crippen LogP contribution in [0.25, 0.3) is 33.4 Å². The Morgan fingerprint density at radius 2 is 0.845 bits per heavy atom. The molecule has 11 rings (SSSR count). The summed E-state index contributed by atoms with van der Waals surface area (Å²) in [4.78, 5) is 2.26. The summed E-state index contributed by atoms with van der Waals surface area (Å²) in [6.45, 7) is 4.24. The SMILES string of the molecule is [2H]C([2H])([2H])c1ccc2c(c1)C(c1ccccc1)(c1ccccc1)c1cc(C([2H])([2H])[2H])cc(N(c3ccc4c(c3)C(C)(C)c3ccccc3-4)c3ccc4c(c3)C(C)(C)c3ccccc3-4)c1-2. The molecule has 8 aromatic carbocycles. The fourth-order valence-corrected chi connectivity index (χ4v) is 10.9. The molecular formula is C57H47N. The molecule has 0 N–H and O–H groups in total. The van der Waals surface area contributed by atoms with Gasteiger partial charge in [0.15, 0.2) is 0 Å². The number of rotatable bonds is 5. The molecule has 0 atom stereocenters. The van der Waals surface area contributed by atoms with Crippen LogP contribution < -0.4 is 4.90 Å². The highest BCUT2D eigenvalue weighted by molar-refractivity contribution is 5.99. The average Bonchev–Trinajstić information content (AvgIpc) is 3.81. The second kappa shape index (κ2) is 12.3. The molecule has 0 aromatic heterocycles. The molecular weight excluding hydrogens is 699 g/mol. The van der Waals surface area contributed by atoms with E-state index in [0.717, 1.165) is 44.8 Å². The first-order valence-corrected chi connectivity index (χ1v) is 20.3. The van der Waals surface area contributed by atoms with Crippen molar-refractivity contribution in [3.8, 4) is 33.4 Å². The predicted octanol–water partition coefficient (Wildman–Crippen LogP) is 14.7. The average molecular weight is 752 g/mol. The number of fused-ring (bicyclic) bond motifs is 9. The lowest BCUT2D eigenvalue weighted by Gasteiger charge is -2.35. The Balaban J connectivity index is 1.28. The van der Waals surface area contributed by atoms with Crippen molar-refractivity contribution in [1.29, 1.82) is 0 Å². The Morgan fingerprint density at radius 1 is 0.379 bits per heavy atom. The normalized spacial score (nSPS) is 17.4. The van der Waals surface area contributed by atoms with Gasteiger partial charge in [0.25, 0.3) is 0 Å². The minimum Gasteiger partial charge on any atom is -0.310 e. The van der Waals surface area contributed by atoms with E-state index in [4.69, 9.17) is 8.22 Å². The lowest BCUT2D eigenvalue weighted by atomic mass is 9.67. The van der Waals surface area contributed by atoms with E-state index < -0.39 is 19.1 Å². The molecule has 1 nitrogen and oxygen atoms in total. The monoisotopic (exact) mass is 751 g/mol. The van der Waals surface area contributed by atoms with E-state index in [1.54, 1.807) is 6.07 Å². The van der Waals surface area contributed by atoms with Crippen LogP contribution in [-0.2, 0) is 16.2 Å². The Hall–Kier alpha value is -6.44. The fourth-order valence-electron chi connectivity index (χ4n) is 10.9. The summed E-state index contributed by atoms with van der Waals surface area (Å²) < 4.78 is 53.1. The van der Waals surface area contributed by atoms with Gasteiger partial charge in [0, 0.05) is 36.0 Å². The van der Waals surface area contributed by atoms with Gasteiger partial charge >= 0.3 is 0 Å². The van der Waals surface area contributed by atoms with E-state index in [1.165, 1.54) is 44.5 Å². The van der Waals surface area contributed by atoms with Crippen LogP contribution in [0.4, 0.5) is 17.1 Å². The fraction of sp³-hybridized carbons (Fsp3) is 0.158. The van der Waals surface area contributed by atoms with E-state index in [0.29, 0.717) is 5.69 Å². The summed E-state index contributed by atoms with van der Waals surface area (Å²) in [5, 5.41) is 0. The van der Waals surface area contributed by atoms with E-state index in [-0.39, 0.29) is 22.0 Å². The first-order valence-electron chi connectivity index (χ1n) is 23.3. The maximum absolute atomic E-state index is 9.09. The van der Waals surface area contributed by atoms with Gasteiger partial charge in [0.05, 0.1) is 11.1 Å². The summed E-state index contributed by atoms with van der Waals surface area (Å²) in [5.41, 5.74) is 16.1. The highest BCUT2D eigenvalue weighted by Crippen LogP contribution is 2.61. The number of benzene rings is 8. The molecule has 58 heavy (non-hydrogen) atoms. The smallest absolute Gasteiger partial charge is 0.0714 e. The van der Waals surface area contributed by atoms with Crippen molar-refractivity contribution in [3.05, 3.63) is 232 Å². The second-order valence-electron chi connectivity index (χ2n) is 17.3. The molecule has 8 aromatic rings. The molecule has 0 aliphatic heterocycles. The summed E-state index contributed by atoms with van der Waals surface area (Å²) in [6.07, 6.45) is 0. The number of hydrogen-bond donors (Lipinski definition) is 0. The van der Waals surface area contributed by atoms with Crippen molar-refractivity contribution in [2.24, 2.45) is 0 Å². The van der Waals surface area contributed by atoms with E-state index in [9.17, 15) is 0 Å². The zero-order valence-corrected chi connectivity index (χ0v) is 33.2. The molecule has 0 fully saturated rings. The second-order valence-corrected chi connectivity index (χ2v) is 17.3. The van der Waals surface area contributed by atoms with Crippen molar-refractivity contribution in [2.75, 3.05) is 4.90 Å². The van der Waals surface area contributed by atoms with Gasteiger partial charge in [-0.05, 0) is 122 Å². The number of aryl methyl sites for hydroxylation is 2. The molecule has 280 valence electrons. The van der Waals surface area contributed by atoms with Crippen molar-refractivity contribution >= 4 is 17.1 Å². The third-order valence-corrected chi connectivity index (χ3v) is 13.5. The minimum absolute atomic E-state index is 0.203. The molecule has 3 aliphatic rings. The van der Waals surface area contributed by atoms with Crippen molar-refractivity contribution in [3.63, 3.8) is 0 Å². The van der Waals surface area contributed by atoms with Gasteiger partial charge in [0.1, 0.15) is 0 Å². The highest BCUT2D eigenvalue weighted by atomic mass is 15.1. The van der Waals surface area contributed by atoms with Gasteiger partial charge in [-0.2, -0.15) is 0 Å². The van der Waals surface area contributed by atoms with Crippen molar-refractivity contribution in [1.82, 2.24) is 0 Å². The van der Waals surface area contributed by atoms with Gasteiger partial charge in [-0.15, -0.1) is 0 Å². The van der Waals surface area contributed by atoms with Crippen molar-refractivity contribution < 1.29 is 8.22 Å². The highest BCUT2D eigenvalue weighted by Gasteiger charge is 2.48. The zero-order valence-electron chi connectivity index (χ0n) is 39.2. The van der Waals surface area contributed by atoms with E-state index in [1.807, 2.05) is 60.7 Å². The zero-order chi connectivity index (χ0) is 44.6. The third kappa shape index (κ3) is 4.65. The third-order valence-electron chi connectivity index (χ3n) is 13.5. The van der Waals surface area contributed by atoms with Crippen LogP contribution in [-0.4, -0.2) is 0 Å². The van der Waals surface area contributed by atoms with E-state index in [2.05, 4.69) is 142 Å². The van der Waals surface area contributed by atoms with Gasteiger partial charge in [-0.3, -0.25) is 0 Å². The number of anilines is 3. The van der Waals surface area contributed by atoms with Gasteiger partial charge in [-0.1, -0.05) is 179 Å². The maximum atomic E-state index is 9.09. The summed E-state index contributed by atoms with van der Waals surface area (Å²) in [7, 11) is 0. The predicted molar refractivity (Wildman–Crippen MR) is 243 cm³/mol. The van der Waals surface area contributed by atoms with Gasteiger partial charge in [0.2, 0.25) is 0 Å². The molecule has 0 saturated heterocycles. The standard InChI is InChI=1S/C57H47N/c1-36-25-28-46-51(31-36)57(38-17-9-7-10-18-38,39-19-11-8-12-20-39)52-32-37(2)33-53(54(46)52)58(40-26-29-44-42-21-13-15-23-47(42)55(3,4)49(44)34-40)41-27-30-45-43-22-14-16-24-48(43)56(5,6)50(45)35-41/h7-35H,1-6H3/i1D3,2D3. The molecule has 0 bridgehead atoms. The Labute approximate surface area is 351 Å². The minimum atomic E-state index is -2.49. The topological polar surface area (TPSA) is 3.24 Å². The lowest BCUT2D eigenvalue weighted by Crippen LogP contribution is -2.29. The maximum Gasteiger partial charge on any atom is 0.0714 e. The Bertz CT molecular complexity index is 3050. The molecule has 0 spiro atoms. The van der Waals surface area contributed by atoms with Crippen LogP contribution in [0.2, 0.25) is 0 Å². The van der Waals surface area contributed by atoms with E-state index >= 15 is 0 Å². The summed E-state index contributed by atoms with van der Waals surface area (Å²) in [5.74, 6) is 0. The Kier molecular flexibility index (Phi) is 6.11. The molecule has 0 radical (unpaired) electrons. The molecule has 0 heterocycles. The van der Waals surface area contributed by atoms with Gasteiger partial charge in [-0.25, -0.2) is 0 Å². The molecule has 1 heteroatoms. The van der Waals surface area contributed by atoms with Crippen LogP contribution in [0.3, 0.4) is 0 Å². The number of nitrogens with zero attached hydrogens (tertiary/aromatic N) is 1. The van der Waals surface area contributed by atoms with Crippen LogP contribution in [0.15, 0.2) is 176 Å². The van der Waals surface area contributed by atoms with Crippen LogP contribution in [0.5, 0.6) is 0 Å². The molecule has 0 saturated carbocycles. The first kappa shape index (κ1) is 28.9.